The number of nitrogens with zero attached hydrogens (tertiary/aromatic N) is 1. The van der Waals surface area contributed by atoms with Gasteiger partial charge in [-0.1, -0.05) is 0 Å². The number of hydrogen-bond donors (Lipinski definition) is 0. The van der Waals surface area contributed by atoms with Gasteiger partial charge < -0.3 is 4.74 Å². The van der Waals surface area contributed by atoms with Crippen LogP contribution in [0.1, 0.15) is 19.3 Å². The Hall–Kier alpha value is -0.640. The van der Waals surface area contributed by atoms with Crippen molar-refractivity contribution < 1.29 is 9.66 Å². The maximum Gasteiger partial charge on any atom is 0.204 e. The second-order valence-electron chi connectivity index (χ2n) is 2.90. The SMILES string of the molecule is O=[N+]([O-])CCC1CCOCC1. The highest BCUT2D eigenvalue weighted by Crippen LogP contribution is 2.17. The lowest BCUT2D eigenvalue weighted by Crippen LogP contribution is -2.18. The van der Waals surface area contributed by atoms with E-state index in [9.17, 15) is 10.1 Å². The van der Waals surface area contributed by atoms with E-state index in [4.69, 9.17) is 4.74 Å². The van der Waals surface area contributed by atoms with E-state index in [1.165, 1.54) is 0 Å². The van der Waals surface area contributed by atoms with Gasteiger partial charge in [-0.3, -0.25) is 10.1 Å². The molecule has 1 aliphatic heterocycles. The standard InChI is InChI=1S/C7H13NO3/c9-8(10)4-1-7-2-5-11-6-3-7/h7H,1-6H2. The van der Waals surface area contributed by atoms with Crippen LogP contribution in [0.5, 0.6) is 0 Å². The van der Waals surface area contributed by atoms with Gasteiger partial charge in [0.15, 0.2) is 0 Å². The lowest BCUT2D eigenvalue weighted by Gasteiger charge is -2.19. The van der Waals surface area contributed by atoms with Crippen LogP contribution in [-0.4, -0.2) is 24.7 Å². The smallest absolute Gasteiger partial charge is 0.204 e. The van der Waals surface area contributed by atoms with Crippen LogP contribution in [0.3, 0.4) is 0 Å². The van der Waals surface area contributed by atoms with Gasteiger partial charge in [0, 0.05) is 24.6 Å². The van der Waals surface area contributed by atoms with Gasteiger partial charge in [0.1, 0.15) is 0 Å². The molecule has 1 saturated heterocycles. The van der Waals surface area contributed by atoms with Crippen molar-refractivity contribution in [1.29, 1.82) is 0 Å². The summed E-state index contributed by atoms with van der Waals surface area (Å²) in [5.74, 6) is 0.522. The fourth-order valence-corrected chi connectivity index (χ4v) is 1.32. The average molecular weight is 159 g/mol. The third kappa shape index (κ3) is 3.32. The number of hydrogen-bond acceptors (Lipinski definition) is 3. The molecule has 0 atom stereocenters. The van der Waals surface area contributed by atoms with Crippen molar-refractivity contribution >= 4 is 0 Å². The minimum Gasteiger partial charge on any atom is -0.381 e. The Morgan fingerprint density at radius 1 is 1.45 bits per heavy atom. The van der Waals surface area contributed by atoms with Crippen LogP contribution < -0.4 is 0 Å². The van der Waals surface area contributed by atoms with E-state index in [-0.39, 0.29) is 11.5 Å². The Balaban J connectivity index is 2.09. The second kappa shape index (κ2) is 4.28. The number of rotatable bonds is 3. The molecule has 11 heavy (non-hydrogen) atoms. The highest BCUT2D eigenvalue weighted by Gasteiger charge is 2.15. The van der Waals surface area contributed by atoms with Crippen molar-refractivity contribution in [3.63, 3.8) is 0 Å². The van der Waals surface area contributed by atoms with Gasteiger partial charge in [0.2, 0.25) is 6.54 Å². The van der Waals surface area contributed by atoms with Crippen LogP contribution in [0.25, 0.3) is 0 Å². The third-order valence-corrected chi connectivity index (χ3v) is 2.06. The van der Waals surface area contributed by atoms with E-state index in [1.54, 1.807) is 0 Å². The van der Waals surface area contributed by atoms with Gasteiger partial charge in [-0.25, -0.2) is 0 Å². The highest BCUT2D eigenvalue weighted by atomic mass is 16.6. The maximum atomic E-state index is 10.0. The molecule has 0 spiro atoms. The van der Waals surface area contributed by atoms with Crippen molar-refractivity contribution in [2.75, 3.05) is 19.8 Å². The summed E-state index contributed by atoms with van der Waals surface area (Å²) < 4.78 is 5.14. The molecule has 0 amide bonds. The first-order valence-electron chi connectivity index (χ1n) is 3.98. The van der Waals surface area contributed by atoms with Crippen molar-refractivity contribution in [3.8, 4) is 0 Å². The summed E-state index contributed by atoms with van der Waals surface area (Å²) in [4.78, 5) is 9.78. The molecule has 4 heteroatoms. The quantitative estimate of drug-likeness (QED) is 0.457. The molecule has 4 nitrogen and oxygen atoms in total. The molecule has 0 N–H and O–H groups in total. The Kier molecular flexibility index (Phi) is 3.29. The zero-order valence-corrected chi connectivity index (χ0v) is 6.49. The van der Waals surface area contributed by atoms with Crippen LogP contribution in [0.4, 0.5) is 0 Å². The Labute approximate surface area is 65.7 Å². The molecule has 1 heterocycles. The summed E-state index contributed by atoms with van der Waals surface area (Å²) in [5, 5.41) is 10.0. The molecule has 0 aromatic heterocycles. The lowest BCUT2D eigenvalue weighted by molar-refractivity contribution is -0.481. The molecule has 64 valence electrons. The summed E-state index contributed by atoms with van der Waals surface area (Å²) in [6, 6.07) is 0. The second-order valence-corrected chi connectivity index (χ2v) is 2.90. The van der Waals surface area contributed by atoms with E-state index in [0.29, 0.717) is 5.92 Å². The predicted molar refractivity (Wildman–Crippen MR) is 40.0 cm³/mol. The normalized spacial score (nSPS) is 20.0. The highest BCUT2D eigenvalue weighted by molar-refractivity contribution is 4.62. The molecular weight excluding hydrogens is 146 g/mol. The maximum absolute atomic E-state index is 10.0. The Bertz CT molecular complexity index is 132. The van der Waals surface area contributed by atoms with Gasteiger partial charge in [0.25, 0.3) is 0 Å². The van der Waals surface area contributed by atoms with Crippen molar-refractivity contribution in [2.24, 2.45) is 5.92 Å². The van der Waals surface area contributed by atoms with Crippen LogP contribution in [0.2, 0.25) is 0 Å². The van der Waals surface area contributed by atoms with E-state index >= 15 is 0 Å². The molecule has 0 aliphatic carbocycles. The zero-order chi connectivity index (χ0) is 8.10. The molecule has 0 radical (unpaired) electrons. The fourth-order valence-electron chi connectivity index (χ4n) is 1.32. The molecule has 0 saturated carbocycles. The van der Waals surface area contributed by atoms with Crippen molar-refractivity contribution in [1.82, 2.24) is 0 Å². The molecule has 1 aliphatic rings. The lowest BCUT2D eigenvalue weighted by atomic mass is 9.97. The third-order valence-electron chi connectivity index (χ3n) is 2.06. The van der Waals surface area contributed by atoms with Crippen LogP contribution in [0.15, 0.2) is 0 Å². The van der Waals surface area contributed by atoms with Gasteiger partial charge in [-0.05, 0) is 18.8 Å². The monoisotopic (exact) mass is 159 g/mol. The topological polar surface area (TPSA) is 52.4 Å². The molecule has 0 aromatic rings. The van der Waals surface area contributed by atoms with Gasteiger partial charge in [-0.15, -0.1) is 0 Å². The van der Waals surface area contributed by atoms with Gasteiger partial charge in [-0.2, -0.15) is 0 Å². The number of ether oxygens (including phenoxy) is 1. The van der Waals surface area contributed by atoms with Gasteiger partial charge >= 0.3 is 0 Å². The minimum atomic E-state index is -0.241. The Morgan fingerprint density at radius 3 is 2.64 bits per heavy atom. The summed E-state index contributed by atoms with van der Waals surface area (Å²) >= 11 is 0. The molecule has 1 fully saturated rings. The van der Waals surface area contributed by atoms with Crippen molar-refractivity contribution in [3.05, 3.63) is 10.1 Å². The van der Waals surface area contributed by atoms with Gasteiger partial charge in [0.05, 0.1) is 0 Å². The fraction of sp³-hybridized carbons (Fsp3) is 1.00. The van der Waals surface area contributed by atoms with E-state index in [1.807, 2.05) is 0 Å². The first kappa shape index (κ1) is 8.46. The predicted octanol–water partition coefficient (Wildman–Crippen LogP) is 1.08. The Morgan fingerprint density at radius 2 is 2.09 bits per heavy atom. The first-order chi connectivity index (χ1) is 5.29. The molecule has 0 unspecified atom stereocenters. The summed E-state index contributed by atoms with van der Waals surface area (Å²) in [6.45, 7) is 1.68. The number of nitro groups is 1. The summed E-state index contributed by atoms with van der Waals surface area (Å²) in [6.07, 6.45) is 2.71. The van der Waals surface area contributed by atoms with Crippen molar-refractivity contribution in [2.45, 2.75) is 19.3 Å². The van der Waals surface area contributed by atoms with E-state index in [0.717, 1.165) is 32.5 Å². The molecule has 0 bridgehead atoms. The molecule has 0 aromatic carbocycles. The van der Waals surface area contributed by atoms with Crippen LogP contribution in [0, 0.1) is 16.0 Å². The van der Waals surface area contributed by atoms with E-state index < -0.39 is 0 Å². The molecular formula is C7H13NO3. The largest absolute Gasteiger partial charge is 0.381 e. The van der Waals surface area contributed by atoms with E-state index in [2.05, 4.69) is 0 Å². The summed E-state index contributed by atoms with van der Waals surface area (Å²) in [5.41, 5.74) is 0. The average Bonchev–Trinajstić information content (AvgIpc) is 2.03. The van der Waals surface area contributed by atoms with Crippen LogP contribution in [-0.2, 0) is 4.74 Å². The first-order valence-corrected chi connectivity index (χ1v) is 3.98. The van der Waals surface area contributed by atoms with Crippen LogP contribution >= 0.6 is 0 Å². The zero-order valence-electron chi connectivity index (χ0n) is 6.49. The minimum absolute atomic E-state index is 0.116. The molecule has 1 rings (SSSR count). The summed E-state index contributed by atoms with van der Waals surface area (Å²) in [7, 11) is 0.